The van der Waals surface area contributed by atoms with Crippen LogP contribution in [0.2, 0.25) is 0 Å². The molecule has 0 aliphatic carbocycles. The first-order valence-corrected chi connectivity index (χ1v) is 8.54. The molecule has 1 aliphatic rings. The molecule has 1 aromatic heterocycles. The average Bonchev–Trinajstić information content (AvgIpc) is 2.50. The van der Waals surface area contributed by atoms with Gasteiger partial charge in [-0.1, -0.05) is 26.0 Å². The van der Waals surface area contributed by atoms with E-state index >= 15 is 0 Å². The van der Waals surface area contributed by atoms with Gasteiger partial charge in [-0.3, -0.25) is 14.2 Å². The molecule has 1 amide bonds. The van der Waals surface area contributed by atoms with E-state index in [1.807, 2.05) is 12.1 Å². The zero-order chi connectivity index (χ0) is 17.3. The molecule has 1 saturated heterocycles. The van der Waals surface area contributed by atoms with Crippen molar-refractivity contribution >= 4 is 16.8 Å². The Bertz CT molecular complexity index is 804. The number of hydrogen-bond donors (Lipinski definition) is 2. The van der Waals surface area contributed by atoms with Gasteiger partial charge in [0.15, 0.2) is 5.82 Å². The SMILES string of the molecule is C[C@@H]1C[C@@H](C)C[NH+](Cc2nc3ccccc3c(=O)n2CC(N)=O)C1. The lowest BCUT2D eigenvalue weighted by molar-refractivity contribution is -0.926. The Labute approximate surface area is 141 Å². The first-order valence-electron chi connectivity index (χ1n) is 8.54. The molecule has 2 heterocycles. The predicted octanol–water partition coefficient (Wildman–Crippen LogP) is -0.0574. The number of aromatic nitrogens is 2. The Kier molecular flexibility index (Phi) is 4.66. The number of nitrogens with two attached hydrogens (primary N) is 1. The van der Waals surface area contributed by atoms with Crippen LogP contribution in [0.1, 0.15) is 26.1 Å². The number of nitrogens with zero attached hydrogens (tertiary/aromatic N) is 2. The molecule has 0 spiro atoms. The van der Waals surface area contributed by atoms with Crippen molar-refractivity contribution < 1.29 is 9.69 Å². The normalized spacial score (nSPS) is 24.2. The summed E-state index contributed by atoms with van der Waals surface area (Å²) < 4.78 is 1.45. The first-order chi connectivity index (χ1) is 11.4. The van der Waals surface area contributed by atoms with Crippen LogP contribution >= 0.6 is 0 Å². The summed E-state index contributed by atoms with van der Waals surface area (Å²) in [6.07, 6.45) is 1.24. The largest absolute Gasteiger partial charge is 0.368 e. The molecule has 3 N–H and O–H groups in total. The molecule has 1 aromatic carbocycles. The van der Waals surface area contributed by atoms with Gasteiger partial charge in [-0.05, 0) is 18.6 Å². The zero-order valence-corrected chi connectivity index (χ0v) is 14.3. The van der Waals surface area contributed by atoms with Crippen LogP contribution in [0.3, 0.4) is 0 Å². The van der Waals surface area contributed by atoms with Gasteiger partial charge in [0.2, 0.25) is 5.91 Å². The lowest BCUT2D eigenvalue weighted by Gasteiger charge is -2.32. The van der Waals surface area contributed by atoms with E-state index in [2.05, 4.69) is 18.8 Å². The predicted molar refractivity (Wildman–Crippen MR) is 92.5 cm³/mol. The quantitative estimate of drug-likeness (QED) is 0.825. The van der Waals surface area contributed by atoms with E-state index in [-0.39, 0.29) is 12.1 Å². The molecule has 1 fully saturated rings. The summed E-state index contributed by atoms with van der Waals surface area (Å²) in [6, 6.07) is 7.25. The molecular weight excluding hydrogens is 304 g/mol. The van der Waals surface area contributed by atoms with Gasteiger partial charge in [0.25, 0.3) is 5.56 Å². The number of fused-ring (bicyclic) bond motifs is 1. The van der Waals surface area contributed by atoms with Crippen molar-refractivity contribution in [2.24, 2.45) is 17.6 Å². The smallest absolute Gasteiger partial charge is 0.262 e. The molecular formula is C18H25N4O2+. The minimum absolute atomic E-state index is 0.121. The summed E-state index contributed by atoms with van der Waals surface area (Å²) in [6.45, 7) is 7.17. The van der Waals surface area contributed by atoms with Gasteiger partial charge in [0.05, 0.1) is 24.0 Å². The third-order valence-electron chi connectivity index (χ3n) is 4.74. The number of carbonyl (C=O) groups is 1. The molecule has 0 saturated carbocycles. The third kappa shape index (κ3) is 3.48. The number of likely N-dealkylation sites (tertiary alicyclic amines) is 1. The molecule has 2 aromatic rings. The third-order valence-corrected chi connectivity index (χ3v) is 4.74. The fraction of sp³-hybridized carbons (Fsp3) is 0.500. The van der Waals surface area contributed by atoms with Crippen molar-refractivity contribution in [3.63, 3.8) is 0 Å². The number of hydrogen-bond acceptors (Lipinski definition) is 3. The minimum atomic E-state index is -0.522. The molecule has 1 aliphatic heterocycles. The van der Waals surface area contributed by atoms with Crippen molar-refractivity contribution in [2.45, 2.75) is 33.4 Å². The molecule has 0 unspecified atom stereocenters. The van der Waals surface area contributed by atoms with Crippen LogP contribution in [-0.4, -0.2) is 28.5 Å². The number of nitrogens with one attached hydrogen (secondary N) is 1. The molecule has 6 heteroatoms. The monoisotopic (exact) mass is 329 g/mol. The summed E-state index contributed by atoms with van der Waals surface area (Å²) in [5, 5.41) is 0.526. The van der Waals surface area contributed by atoms with Gasteiger partial charge in [0, 0.05) is 11.8 Å². The number of amides is 1. The summed E-state index contributed by atoms with van der Waals surface area (Å²) >= 11 is 0. The number of para-hydroxylation sites is 1. The Morgan fingerprint density at radius 3 is 2.62 bits per heavy atom. The highest BCUT2D eigenvalue weighted by Crippen LogP contribution is 2.13. The van der Waals surface area contributed by atoms with Crippen LogP contribution in [0.5, 0.6) is 0 Å². The topological polar surface area (TPSA) is 82.4 Å². The Balaban J connectivity index is 2.01. The number of rotatable bonds is 4. The van der Waals surface area contributed by atoms with E-state index in [9.17, 15) is 9.59 Å². The van der Waals surface area contributed by atoms with Gasteiger partial charge >= 0.3 is 0 Å². The van der Waals surface area contributed by atoms with Crippen molar-refractivity contribution in [3.8, 4) is 0 Å². The Hall–Kier alpha value is -2.21. The van der Waals surface area contributed by atoms with Crippen LogP contribution in [-0.2, 0) is 17.9 Å². The maximum absolute atomic E-state index is 12.8. The van der Waals surface area contributed by atoms with Crippen LogP contribution in [0, 0.1) is 11.8 Å². The van der Waals surface area contributed by atoms with Crippen LogP contribution < -0.4 is 16.2 Å². The van der Waals surface area contributed by atoms with Gasteiger partial charge in [-0.2, -0.15) is 0 Å². The summed E-state index contributed by atoms with van der Waals surface area (Å²) in [7, 11) is 0. The molecule has 3 rings (SSSR count). The number of quaternary nitrogens is 1. The van der Waals surface area contributed by atoms with E-state index < -0.39 is 5.91 Å². The Morgan fingerprint density at radius 2 is 1.96 bits per heavy atom. The number of benzene rings is 1. The van der Waals surface area contributed by atoms with Gasteiger partial charge in [-0.15, -0.1) is 0 Å². The summed E-state index contributed by atoms with van der Waals surface area (Å²) in [4.78, 5) is 30.3. The van der Waals surface area contributed by atoms with Gasteiger partial charge < -0.3 is 10.6 Å². The van der Waals surface area contributed by atoms with E-state index in [4.69, 9.17) is 5.73 Å². The molecule has 0 radical (unpaired) electrons. The second kappa shape index (κ2) is 6.73. The van der Waals surface area contributed by atoms with E-state index in [0.717, 1.165) is 13.1 Å². The van der Waals surface area contributed by atoms with Crippen LogP contribution in [0.15, 0.2) is 29.1 Å². The van der Waals surface area contributed by atoms with Crippen LogP contribution in [0.4, 0.5) is 0 Å². The zero-order valence-electron chi connectivity index (χ0n) is 14.3. The maximum atomic E-state index is 12.8. The summed E-state index contributed by atoms with van der Waals surface area (Å²) in [5.41, 5.74) is 5.84. The van der Waals surface area contributed by atoms with E-state index in [1.54, 1.807) is 12.1 Å². The fourth-order valence-corrected chi connectivity index (χ4v) is 3.96. The second-order valence-corrected chi connectivity index (χ2v) is 7.18. The number of piperidine rings is 1. The highest BCUT2D eigenvalue weighted by Gasteiger charge is 2.27. The molecule has 0 bridgehead atoms. The standard InChI is InChI=1S/C18H24N4O2/c1-12-7-13(2)9-21(8-12)11-17-20-15-6-4-3-5-14(15)18(24)22(17)10-16(19)23/h3-6,12-13H,7-11H2,1-2H3,(H2,19,23)/p+1/t12-,13-/m1/s1. The lowest BCUT2D eigenvalue weighted by Crippen LogP contribution is -3.13. The highest BCUT2D eigenvalue weighted by molar-refractivity contribution is 5.78. The molecule has 24 heavy (non-hydrogen) atoms. The summed E-state index contributed by atoms with van der Waals surface area (Å²) in [5.74, 6) is 1.43. The molecule has 6 nitrogen and oxygen atoms in total. The van der Waals surface area contributed by atoms with E-state index in [1.165, 1.54) is 15.9 Å². The lowest BCUT2D eigenvalue weighted by atomic mass is 9.92. The van der Waals surface area contributed by atoms with Gasteiger partial charge in [-0.25, -0.2) is 4.98 Å². The van der Waals surface area contributed by atoms with Crippen molar-refractivity contribution in [1.82, 2.24) is 9.55 Å². The maximum Gasteiger partial charge on any atom is 0.262 e. The fourth-order valence-electron chi connectivity index (χ4n) is 3.96. The number of primary amides is 1. The van der Waals surface area contributed by atoms with Crippen molar-refractivity contribution in [1.29, 1.82) is 0 Å². The highest BCUT2D eigenvalue weighted by atomic mass is 16.2. The van der Waals surface area contributed by atoms with E-state index in [0.29, 0.717) is 35.1 Å². The van der Waals surface area contributed by atoms with Crippen molar-refractivity contribution in [3.05, 3.63) is 40.4 Å². The minimum Gasteiger partial charge on any atom is -0.368 e. The molecule has 128 valence electrons. The van der Waals surface area contributed by atoms with Gasteiger partial charge in [0.1, 0.15) is 13.1 Å². The Morgan fingerprint density at radius 1 is 1.29 bits per heavy atom. The first kappa shape index (κ1) is 16.6. The van der Waals surface area contributed by atoms with Crippen LogP contribution in [0.25, 0.3) is 10.9 Å². The second-order valence-electron chi connectivity index (χ2n) is 7.18. The van der Waals surface area contributed by atoms with Crippen molar-refractivity contribution in [2.75, 3.05) is 13.1 Å². The molecule has 2 atom stereocenters. The number of carbonyl (C=O) groups excluding carboxylic acids is 1. The average molecular weight is 329 g/mol.